The van der Waals surface area contributed by atoms with Crippen molar-refractivity contribution in [2.24, 2.45) is 10.9 Å². The molecule has 1 aromatic rings. The van der Waals surface area contributed by atoms with Gasteiger partial charge in [-0.25, -0.2) is 0 Å². The molecule has 0 bridgehead atoms. The average molecular weight is 564 g/mol. The molecule has 0 spiro atoms. The summed E-state index contributed by atoms with van der Waals surface area (Å²) in [6.07, 6.45) is 2.28. The van der Waals surface area contributed by atoms with Gasteiger partial charge in [-0.3, -0.25) is 14.8 Å². The number of nitrogens with zero attached hydrogens (tertiary/aromatic N) is 3. The smallest absolute Gasteiger partial charge is 0.191 e. The van der Waals surface area contributed by atoms with E-state index < -0.39 is 0 Å². The van der Waals surface area contributed by atoms with Gasteiger partial charge in [-0.05, 0) is 43.4 Å². The van der Waals surface area contributed by atoms with Gasteiger partial charge in [-0.15, -0.1) is 24.0 Å². The minimum atomic E-state index is 0. The average Bonchev–Trinajstić information content (AvgIpc) is 2.76. The second kappa shape index (κ2) is 14.5. The van der Waals surface area contributed by atoms with Crippen molar-refractivity contribution < 1.29 is 4.74 Å². The number of nitrogens with one attached hydrogen (secondary N) is 2. The lowest BCUT2D eigenvalue weighted by molar-refractivity contribution is 0.0323. The van der Waals surface area contributed by atoms with Crippen molar-refractivity contribution in [2.75, 3.05) is 59.0 Å². The number of aliphatic imine (C=N–C) groups is 1. The van der Waals surface area contributed by atoms with Crippen LogP contribution >= 0.6 is 35.6 Å². The molecular weight excluding hydrogens is 525 g/mol. The van der Waals surface area contributed by atoms with Crippen LogP contribution in [0.3, 0.4) is 0 Å². The second-order valence-electron chi connectivity index (χ2n) is 8.56. The van der Waals surface area contributed by atoms with Gasteiger partial charge < -0.3 is 15.4 Å². The van der Waals surface area contributed by atoms with E-state index in [0.29, 0.717) is 12.0 Å². The number of benzene rings is 1. The van der Waals surface area contributed by atoms with Crippen molar-refractivity contribution in [3.63, 3.8) is 0 Å². The van der Waals surface area contributed by atoms with Crippen LogP contribution in [0.25, 0.3) is 0 Å². The largest absolute Gasteiger partial charge is 0.379 e. The van der Waals surface area contributed by atoms with Gasteiger partial charge in [-0.2, -0.15) is 0 Å². The molecular formula is C23H39ClIN5O. The Morgan fingerprint density at radius 3 is 2.45 bits per heavy atom. The van der Waals surface area contributed by atoms with Crippen LogP contribution in [0.4, 0.5) is 0 Å². The third-order valence-electron chi connectivity index (χ3n) is 5.83. The van der Waals surface area contributed by atoms with Gasteiger partial charge >= 0.3 is 0 Å². The number of piperidine rings is 1. The number of likely N-dealkylation sites (tertiary alicyclic amines) is 1. The van der Waals surface area contributed by atoms with E-state index in [4.69, 9.17) is 21.3 Å². The normalized spacial score (nSPS) is 20.2. The van der Waals surface area contributed by atoms with Crippen molar-refractivity contribution >= 4 is 41.5 Å². The van der Waals surface area contributed by atoms with Gasteiger partial charge in [-0.1, -0.05) is 30.7 Å². The van der Waals surface area contributed by atoms with E-state index >= 15 is 0 Å². The standard InChI is InChI=1S/C23H38ClN5O.HI/c1-3-25-23(26-16-19(2)17-29-12-14-30-15-13-29)27-22-8-10-28(11-9-22)18-20-4-6-21(24)7-5-20;/h4-7,19,22H,3,8-18H2,1-2H3,(H2,25,26,27);1H. The molecule has 0 saturated carbocycles. The molecule has 0 radical (unpaired) electrons. The molecule has 6 nitrogen and oxygen atoms in total. The van der Waals surface area contributed by atoms with E-state index in [0.717, 1.165) is 89.4 Å². The van der Waals surface area contributed by atoms with E-state index in [1.54, 1.807) is 0 Å². The van der Waals surface area contributed by atoms with Crippen molar-refractivity contribution in [3.05, 3.63) is 34.9 Å². The molecule has 1 unspecified atom stereocenters. The van der Waals surface area contributed by atoms with Crippen LogP contribution in [0.15, 0.2) is 29.3 Å². The first-order chi connectivity index (χ1) is 14.6. The lowest BCUT2D eigenvalue weighted by Crippen LogP contribution is -2.48. The van der Waals surface area contributed by atoms with E-state index in [2.05, 4.69) is 46.4 Å². The maximum absolute atomic E-state index is 6.00. The Bertz CT molecular complexity index is 646. The molecule has 1 aromatic carbocycles. The molecule has 2 aliphatic heterocycles. The summed E-state index contributed by atoms with van der Waals surface area (Å²) in [5.41, 5.74) is 1.33. The number of rotatable bonds is 8. The minimum Gasteiger partial charge on any atom is -0.379 e. The monoisotopic (exact) mass is 563 g/mol. The summed E-state index contributed by atoms with van der Waals surface area (Å²) in [7, 11) is 0. The van der Waals surface area contributed by atoms with E-state index in [1.807, 2.05) is 12.1 Å². The summed E-state index contributed by atoms with van der Waals surface area (Å²) in [6, 6.07) is 8.69. The van der Waals surface area contributed by atoms with Crippen LogP contribution in [0.5, 0.6) is 0 Å². The molecule has 2 fully saturated rings. The maximum atomic E-state index is 6.00. The topological polar surface area (TPSA) is 52.1 Å². The van der Waals surface area contributed by atoms with Crippen molar-refractivity contribution in [3.8, 4) is 0 Å². The second-order valence-corrected chi connectivity index (χ2v) is 9.00. The summed E-state index contributed by atoms with van der Waals surface area (Å²) in [5.74, 6) is 1.50. The fourth-order valence-electron chi connectivity index (χ4n) is 4.13. The van der Waals surface area contributed by atoms with Gasteiger partial charge in [0.1, 0.15) is 0 Å². The Hall–Kier alpha value is -0.610. The summed E-state index contributed by atoms with van der Waals surface area (Å²) >= 11 is 6.00. The number of guanidine groups is 1. The molecule has 3 rings (SSSR count). The predicted octanol–water partition coefficient (Wildman–Crippen LogP) is 3.45. The number of halogens is 2. The fourth-order valence-corrected chi connectivity index (χ4v) is 4.25. The van der Waals surface area contributed by atoms with Gasteiger partial charge in [0.15, 0.2) is 5.96 Å². The zero-order chi connectivity index (χ0) is 21.2. The first-order valence-electron chi connectivity index (χ1n) is 11.4. The number of ether oxygens (including phenoxy) is 1. The molecule has 2 heterocycles. The predicted molar refractivity (Wildman–Crippen MR) is 141 cm³/mol. The van der Waals surface area contributed by atoms with Crippen molar-refractivity contribution in [2.45, 2.75) is 39.3 Å². The summed E-state index contributed by atoms with van der Waals surface area (Å²) in [5, 5.41) is 7.90. The van der Waals surface area contributed by atoms with Gasteiger partial charge in [0.25, 0.3) is 0 Å². The van der Waals surface area contributed by atoms with Gasteiger partial charge in [0, 0.05) is 63.4 Å². The maximum Gasteiger partial charge on any atom is 0.191 e. The Balaban J connectivity index is 0.00000341. The molecule has 31 heavy (non-hydrogen) atoms. The van der Waals surface area contributed by atoms with Crippen LogP contribution in [0, 0.1) is 5.92 Å². The SMILES string of the molecule is CCNC(=NCC(C)CN1CCOCC1)NC1CCN(Cc2ccc(Cl)cc2)CC1.I. The first kappa shape index (κ1) is 26.6. The molecule has 1 atom stereocenters. The third-order valence-corrected chi connectivity index (χ3v) is 6.08. The highest BCUT2D eigenvalue weighted by molar-refractivity contribution is 14.0. The Morgan fingerprint density at radius 2 is 1.81 bits per heavy atom. The van der Waals surface area contributed by atoms with Gasteiger partial charge in [0.05, 0.1) is 13.2 Å². The highest BCUT2D eigenvalue weighted by Crippen LogP contribution is 2.16. The van der Waals surface area contributed by atoms with E-state index in [1.165, 1.54) is 5.56 Å². The molecule has 2 aliphatic rings. The summed E-state index contributed by atoms with van der Waals surface area (Å²) in [4.78, 5) is 9.89. The Kier molecular flexibility index (Phi) is 12.5. The summed E-state index contributed by atoms with van der Waals surface area (Å²) < 4.78 is 5.44. The number of hydrogen-bond donors (Lipinski definition) is 2. The van der Waals surface area contributed by atoms with Crippen LogP contribution < -0.4 is 10.6 Å². The zero-order valence-electron chi connectivity index (χ0n) is 19.0. The van der Waals surface area contributed by atoms with E-state index in [9.17, 15) is 0 Å². The molecule has 0 aromatic heterocycles. The quantitative estimate of drug-likeness (QED) is 0.288. The molecule has 2 saturated heterocycles. The third kappa shape index (κ3) is 9.82. The van der Waals surface area contributed by atoms with E-state index in [-0.39, 0.29) is 24.0 Å². The minimum absolute atomic E-state index is 0. The molecule has 0 aliphatic carbocycles. The van der Waals surface area contributed by atoms with Gasteiger partial charge in [0.2, 0.25) is 0 Å². The highest BCUT2D eigenvalue weighted by atomic mass is 127. The van der Waals surface area contributed by atoms with Crippen LogP contribution in [-0.2, 0) is 11.3 Å². The van der Waals surface area contributed by atoms with Crippen LogP contribution in [0.1, 0.15) is 32.3 Å². The van der Waals surface area contributed by atoms with Crippen LogP contribution in [0.2, 0.25) is 5.02 Å². The lowest BCUT2D eigenvalue weighted by Gasteiger charge is -2.33. The summed E-state index contributed by atoms with van der Waals surface area (Å²) in [6.45, 7) is 14.3. The molecule has 2 N–H and O–H groups in total. The fraction of sp³-hybridized carbons (Fsp3) is 0.696. The van der Waals surface area contributed by atoms with Crippen LogP contribution in [-0.4, -0.2) is 80.8 Å². The van der Waals surface area contributed by atoms with Crippen molar-refractivity contribution in [1.82, 2.24) is 20.4 Å². The number of hydrogen-bond acceptors (Lipinski definition) is 4. The molecule has 0 amide bonds. The Morgan fingerprint density at radius 1 is 1.13 bits per heavy atom. The lowest BCUT2D eigenvalue weighted by atomic mass is 10.0. The number of morpholine rings is 1. The zero-order valence-corrected chi connectivity index (χ0v) is 22.1. The molecule has 8 heteroatoms. The van der Waals surface area contributed by atoms with Crippen molar-refractivity contribution in [1.29, 1.82) is 0 Å². The highest BCUT2D eigenvalue weighted by Gasteiger charge is 2.20. The first-order valence-corrected chi connectivity index (χ1v) is 11.8. The molecule has 176 valence electrons. The Labute approximate surface area is 210 Å².